The summed E-state index contributed by atoms with van der Waals surface area (Å²) in [4.78, 5) is 0. The van der Waals surface area contributed by atoms with Crippen LogP contribution in [0.1, 0.15) is 0 Å². The fraction of sp³-hybridized carbons (Fsp3) is 0. The van der Waals surface area contributed by atoms with E-state index in [9.17, 15) is 0 Å². The minimum atomic E-state index is -1.24. The van der Waals surface area contributed by atoms with Crippen molar-refractivity contribution in [3.8, 4) is 0 Å². The van der Waals surface area contributed by atoms with Crippen molar-refractivity contribution in [2.75, 3.05) is 0 Å². The molecule has 19 radical (unpaired) electrons. The van der Waals surface area contributed by atoms with E-state index >= 15 is 0 Å². The molecule has 0 nitrogen and oxygen atoms in total. The molecule has 0 spiro atoms. The van der Waals surface area contributed by atoms with E-state index in [1.807, 2.05) is 0 Å². The van der Waals surface area contributed by atoms with Gasteiger partial charge in [0.25, 0.3) is 0 Å². The van der Waals surface area contributed by atoms with Crippen molar-refractivity contribution in [2.45, 2.75) is 0 Å². The molecule has 0 N–H and O–H groups in total. The summed E-state index contributed by atoms with van der Waals surface area (Å²) < 4.78 is 0. The summed E-state index contributed by atoms with van der Waals surface area (Å²) in [6, 6.07) is 0. The van der Waals surface area contributed by atoms with Crippen LogP contribution >= 0.6 is 7.56 Å². The Morgan fingerprint density at radius 3 is 1.29 bits per heavy atom. The summed E-state index contributed by atoms with van der Waals surface area (Å²) in [6.45, 7) is 0. The lowest BCUT2D eigenvalue weighted by Crippen LogP contribution is -2.58. The van der Waals surface area contributed by atoms with Gasteiger partial charge in [0.05, 0.1) is 18.6 Å². The summed E-state index contributed by atoms with van der Waals surface area (Å²) in [6.07, 6.45) is -3.88. The number of hydrogen-bond acceptors (Lipinski definition) is 0. The Labute approximate surface area is 122 Å². The fourth-order valence-electron chi connectivity index (χ4n) is 1.68. The summed E-state index contributed by atoms with van der Waals surface area (Å²) in [5.74, 6) is 0. The number of rotatable bonds is 7. The third kappa shape index (κ3) is 5.54. The van der Waals surface area contributed by atoms with Crippen molar-refractivity contribution in [1.29, 1.82) is 0 Å². The van der Waals surface area contributed by atoms with E-state index in [0.717, 1.165) is 0 Å². The van der Waals surface area contributed by atoms with Gasteiger partial charge in [0.15, 0.2) is 0 Å². The van der Waals surface area contributed by atoms with Crippen LogP contribution in [0, 0.1) is 0 Å². The van der Waals surface area contributed by atoms with Gasteiger partial charge < -0.3 is 0 Å². The molecule has 0 aliphatic rings. The summed E-state index contributed by atoms with van der Waals surface area (Å²) in [5, 5.41) is 0. The second-order valence-corrected chi connectivity index (χ2v) is 6.53. The molecule has 0 fully saturated rings. The quantitative estimate of drug-likeness (QED) is 0.287. The zero-order valence-corrected chi connectivity index (χ0v) is 10.6. The van der Waals surface area contributed by atoms with E-state index in [-0.39, 0.29) is 0 Å². The van der Waals surface area contributed by atoms with Crippen LogP contribution in [-0.2, 0) is 0 Å². The van der Waals surface area contributed by atoms with Crippen LogP contribution in [0.15, 0.2) is 0 Å². The van der Waals surface area contributed by atoms with E-state index < -0.39 is 45.4 Å². The van der Waals surface area contributed by atoms with Crippen LogP contribution in [0.4, 0.5) is 0 Å². The maximum absolute atomic E-state index is 5.73. The van der Waals surface area contributed by atoms with E-state index in [4.69, 9.17) is 69.6 Å². The molecule has 0 saturated carbocycles. The summed E-state index contributed by atoms with van der Waals surface area (Å²) >= 11 is 0. The molecule has 17 heavy (non-hydrogen) atoms. The first kappa shape index (κ1) is 18.5. The zero-order chi connectivity index (χ0) is 13.7. The van der Waals surface area contributed by atoms with Crippen LogP contribution in [0.5, 0.6) is 0 Å². The van der Waals surface area contributed by atoms with Crippen molar-refractivity contribution in [3.05, 3.63) is 0 Å². The van der Waals surface area contributed by atoms with Crippen molar-refractivity contribution in [3.63, 3.8) is 0 Å². The van der Waals surface area contributed by atoms with E-state index in [0.29, 0.717) is 0 Å². The molecule has 0 aromatic rings. The Balaban J connectivity index is 5.16. The van der Waals surface area contributed by atoms with Gasteiger partial charge in [-0.2, -0.15) is 0 Å². The largest absolute Gasteiger partial charge is 0.253 e. The topological polar surface area (TPSA) is 0 Å². The van der Waals surface area contributed by atoms with Crippen LogP contribution < -0.4 is 0 Å². The molecule has 0 saturated heterocycles. The lowest BCUT2D eigenvalue weighted by atomic mass is 8.80. The van der Waals surface area contributed by atoms with Crippen LogP contribution in [0.2, 0.25) is 0 Å². The maximum Gasteiger partial charge on any atom is 0.0529 e. The van der Waals surface area contributed by atoms with Gasteiger partial charge in [0.2, 0.25) is 0 Å². The molecule has 0 amide bonds. The predicted octanol–water partition coefficient (Wildman–Crippen LogP) is -5.23. The van der Waals surface area contributed by atoms with Crippen molar-refractivity contribution < 1.29 is 0 Å². The molecule has 0 aromatic heterocycles. The van der Waals surface area contributed by atoms with Gasteiger partial charge in [0.1, 0.15) is 0 Å². The second-order valence-electron chi connectivity index (χ2n) is 3.84. The highest BCUT2D eigenvalue weighted by Gasteiger charge is 2.37. The Hall–Kier alpha value is 1.47. The van der Waals surface area contributed by atoms with Crippen molar-refractivity contribution in [1.82, 2.24) is 0 Å². The van der Waals surface area contributed by atoms with Gasteiger partial charge in [-0.05, 0) is 0 Å². The van der Waals surface area contributed by atoms with Crippen molar-refractivity contribution in [2.24, 2.45) is 0 Å². The summed E-state index contributed by atoms with van der Waals surface area (Å²) in [7, 11) is 51.0. The van der Waals surface area contributed by atoms with Crippen LogP contribution in [-0.4, -0.2) is 114 Å². The Bertz CT molecular complexity index is 186. The first-order valence-corrected chi connectivity index (χ1v) is 6.66. The maximum atomic E-state index is 5.73. The lowest BCUT2D eigenvalue weighted by molar-refractivity contribution is 3.54. The SMILES string of the molecule is [B][B]B(B([B])[B])P(B([B])[B])B(B([B])[B])B([B])[B]. The molecular weight excluding hydrogens is 204 g/mol. The zero-order valence-electron chi connectivity index (χ0n) is 9.68. The van der Waals surface area contributed by atoms with Gasteiger partial charge in [-0.15, -0.1) is 0 Å². The smallest absolute Gasteiger partial charge is 0.0529 e. The molecule has 0 aromatic carbocycles. The highest BCUT2D eigenvalue weighted by molar-refractivity contribution is 8.52. The highest BCUT2D eigenvalue weighted by Crippen LogP contribution is 2.42. The van der Waals surface area contributed by atoms with Gasteiger partial charge in [-0.25, -0.2) is 0 Å². The Morgan fingerprint density at radius 1 is 0.706 bits per heavy atom. The van der Waals surface area contributed by atoms with Crippen LogP contribution in [0.3, 0.4) is 0 Å². The molecule has 0 rings (SSSR count). The van der Waals surface area contributed by atoms with Gasteiger partial charge in [-0.3, -0.25) is 7.56 Å². The standard InChI is InChI=1S/B16P/c1-10-15(11(2)3)17(14(8)9)16(12(4)5)13(6)7. The van der Waals surface area contributed by atoms with E-state index in [2.05, 4.69) is 0 Å². The average molecular weight is 204 g/mol. The van der Waals surface area contributed by atoms with Gasteiger partial charge in [-0.1, -0.05) is 0 Å². The van der Waals surface area contributed by atoms with E-state index in [1.54, 1.807) is 0 Å². The normalized spacial score (nSPS) is 11.1. The van der Waals surface area contributed by atoms with Gasteiger partial charge in [0, 0.05) is 95.9 Å². The third-order valence-corrected chi connectivity index (χ3v) is 5.68. The summed E-state index contributed by atoms with van der Waals surface area (Å²) in [5.41, 5.74) is 0. The lowest BCUT2D eigenvalue weighted by Gasteiger charge is -2.42. The molecule has 1 atom stereocenters. The molecular formula is B16P. The molecule has 0 aliphatic heterocycles. The monoisotopic (exact) mass is 207 g/mol. The first-order valence-electron chi connectivity index (χ1n) is 5.11. The second kappa shape index (κ2) is 8.60. The minimum absolute atomic E-state index is 0.417. The molecule has 53 valence electrons. The first-order chi connectivity index (χ1) is 7.73. The Morgan fingerprint density at radius 2 is 1.12 bits per heavy atom. The predicted molar refractivity (Wildman–Crippen MR) is 99.0 cm³/mol. The molecule has 0 bridgehead atoms. The van der Waals surface area contributed by atoms with E-state index in [1.165, 1.54) is 7.06 Å². The molecule has 17 heteroatoms. The molecule has 0 aliphatic carbocycles. The minimum Gasteiger partial charge on any atom is -0.253 e. The third-order valence-electron chi connectivity index (χ3n) is 2.41. The fourth-order valence-corrected chi connectivity index (χ4v) is 4.26. The Kier molecular flexibility index (Phi) is 9.35. The van der Waals surface area contributed by atoms with Crippen LogP contribution in [0.25, 0.3) is 0 Å². The molecule has 0 heterocycles. The average Bonchev–Trinajstić information content (AvgIpc) is 2.15. The number of hydrogen-bond donors (Lipinski definition) is 0. The molecule has 1 unspecified atom stereocenters. The van der Waals surface area contributed by atoms with Crippen molar-refractivity contribution >= 4 is 122 Å². The van der Waals surface area contributed by atoms with Gasteiger partial charge >= 0.3 is 0 Å². The highest BCUT2D eigenvalue weighted by atomic mass is 31.1.